The Balaban J connectivity index is 2.35. The smallest absolute Gasteiger partial charge is 0.303 e. The van der Waals surface area contributed by atoms with Gasteiger partial charge in [0.25, 0.3) is 0 Å². The number of hydrogen-bond acceptors (Lipinski definition) is 7. The molecule has 8 heteroatoms. The highest BCUT2D eigenvalue weighted by molar-refractivity contribution is 6.44. The van der Waals surface area contributed by atoms with E-state index in [2.05, 4.69) is 0 Å². The molecular formula is C21H29ClO7. The molecule has 29 heavy (non-hydrogen) atoms. The van der Waals surface area contributed by atoms with E-state index in [4.69, 9.17) is 21.1 Å². The molecule has 3 N–H and O–H groups in total. The lowest BCUT2D eigenvalue weighted by Crippen LogP contribution is -2.57. The number of aliphatic hydroxyl groups is 3. The Morgan fingerprint density at radius 1 is 1.55 bits per heavy atom. The molecule has 0 aromatic rings. The molecule has 162 valence electrons. The normalized spacial score (nSPS) is 31.5. The number of fused-ring (bicyclic) bond motifs is 1. The molecule has 0 radical (unpaired) electrons. The predicted molar refractivity (Wildman–Crippen MR) is 107 cm³/mol. The SMILES string of the molecule is CC[C@H](C)[C@@H](O)[C@](C)(O)/C=C/C1=CC2=C(Cl)C(=O)[C@](C)(O)[C@H](OC(C)=O)[C@@H]2CO1. The van der Waals surface area contributed by atoms with E-state index in [1.54, 1.807) is 0 Å². The first kappa shape index (κ1) is 23.6. The number of ether oxygens (including phenoxy) is 2. The number of aliphatic hydroxyl groups excluding tert-OH is 1. The van der Waals surface area contributed by atoms with E-state index in [-0.39, 0.29) is 17.6 Å². The van der Waals surface area contributed by atoms with E-state index in [1.165, 1.54) is 39.0 Å². The number of allylic oxidation sites excluding steroid dienone is 2. The first-order chi connectivity index (χ1) is 13.3. The molecule has 6 atom stereocenters. The van der Waals surface area contributed by atoms with E-state index in [9.17, 15) is 24.9 Å². The van der Waals surface area contributed by atoms with Gasteiger partial charge in [-0.25, -0.2) is 0 Å². The van der Waals surface area contributed by atoms with Gasteiger partial charge in [0, 0.05) is 6.92 Å². The Kier molecular flexibility index (Phi) is 7.00. The second-order valence-electron chi connectivity index (χ2n) is 8.13. The lowest BCUT2D eigenvalue weighted by Gasteiger charge is -2.42. The Morgan fingerprint density at radius 3 is 2.72 bits per heavy atom. The molecule has 7 nitrogen and oxygen atoms in total. The molecule has 0 unspecified atom stereocenters. The van der Waals surface area contributed by atoms with Gasteiger partial charge in [0.1, 0.15) is 17.5 Å². The Bertz CT molecular complexity index is 763. The first-order valence-electron chi connectivity index (χ1n) is 9.61. The second-order valence-corrected chi connectivity index (χ2v) is 8.51. The fraction of sp³-hybridized carbons (Fsp3) is 0.619. The maximum atomic E-state index is 12.5. The molecule has 0 saturated heterocycles. The topological polar surface area (TPSA) is 113 Å². The van der Waals surface area contributed by atoms with Gasteiger partial charge < -0.3 is 24.8 Å². The largest absolute Gasteiger partial charge is 0.493 e. The van der Waals surface area contributed by atoms with Crippen LogP contribution in [0.15, 0.2) is 34.6 Å². The van der Waals surface area contributed by atoms with Crippen molar-refractivity contribution in [3.63, 3.8) is 0 Å². The Hall–Kier alpha value is -1.67. The van der Waals surface area contributed by atoms with Crippen molar-refractivity contribution in [1.82, 2.24) is 0 Å². The van der Waals surface area contributed by atoms with Crippen molar-refractivity contribution in [1.29, 1.82) is 0 Å². The van der Waals surface area contributed by atoms with Crippen molar-refractivity contribution in [3.8, 4) is 0 Å². The summed E-state index contributed by atoms with van der Waals surface area (Å²) < 4.78 is 10.9. The van der Waals surface area contributed by atoms with E-state index in [0.717, 1.165) is 0 Å². The molecule has 2 aliphatic rings. The minimum absolute atomic E-state index is 0.0131. The van der Waals surface area contributed by atoms with Crippen LogP contribution in [0, 0.1) is 11.8 Å². The van der Waals surface area contributed by atoms with Gasteiger partial charge in [0.2, 0.25) is 5.78 Å². The molecule has 1 aliphatic heterocycles. The molecule has 0 spiro atoms. The summed E-state index contributed by atoms with van der Waals surface area (Å²) in [6, 6.07) is 0. The number of carbonyl (C=O) groups excluding carboxylic acids is 2. The minimum atomic E-state index is -1.97. The monoisotopic (exact) mass is 428 g/mol. The third-order valence-corrected chi connectivity index (χ3v) is 6.01. The minimum Gasteiger partial charge on any atom is -0.493 e. The number of halogens is 1. The van der Waals surface area contributed by atoms with Crippen molar-refractivity contribution < 1.29 is 34.4 Å². The van der Waals surface area contributed by atoms with Gasteiger partial charge in [-0.15, -0.1) is 0 Å². The van der Waals surface area contributed by atoms with Gasteiger partial charge in [-0.1, -0.05) is 31.9 Å². The summed E-state index contributed by atoms with van der Waals surface area (Å²) >= 11 is 6.21. The molecule has 1 aliphatic carbocycles. The zero-order chi connectivity index (χ0) is 22.1. The van der Waals surface area contributed by atoms with E-state index >= 15 is 0 Å². The van der Waals surface area contributed by atoms with Crippen LogP contribution in [0.25, 0.3) is 0 Å². The summed E-state index contributed by atoms with van der Waals surface area (Å²) in [6.45, 7) is 7.72. The number of esters is 1. The fourth-order valence-electron chi connectivity index (χ4n) is 3.55. The van der Waals surface area contributed by atoms with Crippen LogP contribution in [-0.2, 0) is 19.1 Å². The van der Waals surface area contributed by atoms with Crippen molar-refractivity contribution in [2.24, 2.45) is 11.8 Å². The molecular weight excluding hydrogens is 400 g/mol. The van der Waals surface area contributed by atoms with Crippen LogP contribution >= 0.6 is 11.6 Å². The van der Waals surface area contributed by atoms with Crippen LogP contribution in [0.3, 0.4) is 0 Å². The highest BCUT2D eigenvalue weighted by atomic mass is 35.5. The second kappa shape index (κ2) is 8.60. The van der Waals surface area contributed by atoms with E-state index < -0.39 is 41.1 Å². The molecule has 0 aromatic carbocycles. The van der Waals surface area contributed by atoms with Crippen LogP contribution in [-0.4, -0.2) is 57.1 Å². The van der Waals surface area contributed by atoms with Crippen LogP contribution in [0.5, 0.6) is 0 Å². The summed E-state index contributed by atoms with van der Waals surface area (Å²) in [4.78, 5) is 24.0. The van der Waals surface area contributed by atoms with Crippen molar-refractivity contribution in [2.45, 2.75) is 64.4 Å². The number of ketones is 1. The van der Waals surface area contributed by atoms with Gasteiger partial charge in [-0.3, -0.25) is 9.59 Å². The summed E-state index contributed by atoms with van der Waals surface area (Å²) in [5, 5.41) is 31.3. The van der Waals surface area contributed by atoms with Crippen molar-refractivity contribution >= 4 is 23.4 Å². The number of rotatable bonds is 6. The maximum Gasteiger partial charge on any atom is 0.303 e. The van der Waals surface area contributed by atoms with Crippen molar-refractivity contribution in [3.05, 3.63) is 34.6 Å². The zero-order valence-corrected chi connectivity index (χ0v) is 18.1. The zero-order valence-electron chi connectivity index (χ0n) is 17.3. The molecule has 0 amide bonds. The Morgan fingerprint density at radius 2 is 2.17 bits per heavy atom. The quantitative estimate of drug-likeness (QED) is 0.554. The Labute approximate surface area is 175 Å². The van der Waals surface area contributed by atoms with E-state index in [0.29, 0.717) is 17.8 Å². The molecule has 2 rings (SSSR count). The summed E-state index contributed by atoms with van der Waals surface area (Å²) in [5.74, 6) is -1.79. The lowest BCUT2D eigenvalue weighted by atomic mass is 9.74. The fourth-order valence-corrected chi connectivity index (χ4v) is 3.94. The van der Waals surface area contributed by atoms with Gasteiger partial charge in [0.15, 0.2) is 5.60 Å². The summed E-state index contributed by atoms with van der Waals surface area (Å²) in [6.07, 6.45) is 3.03. The van der Waals surface area contributed by atoms with E-state index in [1.807, 2.05) is 13.8 Å². The third kappa shape index (κ3) is 4.74. The number of carbonyl (C=O) groups is 2. The van der Waals surface area contributed by atoms with Gasteiger partial charge in [0.05, 0.1) is 23.7 Å². The molecule has 0 fully saturated rings. The number of Topliss-reactive ketones (excluding diaryl/α,β-unsaturated/α-hetero) is 1. The number of hydrogen-bond donors (Lipinski definition) is 3. The van der Waals surface area contributed by atoms with Crippen molar-refractivity contribution in [2.75, 3.05) is 6.61 Å². The van der Waals surface area contributed by atoms with Gasteiger partial charge in [-0.05, 0) is 43.6 Å². The highest BCUT2D eigenvalue weighted by Crippen LogP contribution is 2.41. The average Bonchev–Trinajstić information content (AvgIpc) is 2.66. The predicted octanol–water partition coefficient (Wildman–Crippen LogP) is 1.99. The van der Waals surface area contributed by atoms with Crippen LogP contribution in [0.2, 0.25) is 0 Å². The summed E-state index contributed by atoms with van der Waals surface area (Å²) in [5.41, 5.74) is -3.06. The van der Waals surface area contributed by atoms with Crippen LogP contribution in [0.4, 0.5) is 0 Å². The molecule has 0 saturated carbocycles. The molecule has 1 heterocycles. The molecule has 0 aromatic heterocycles. The average molecular weight is 429 g/mol. The van der Waals surface area contributed by atoms with Gasteiger partial charge in [-0.2, -0.15) is 0 Å². The van der Waals surface area contributed by atoms with Gasteiger partial charge >= 0.3 is 5.97 Å². The standard InChI is InChI=1S/C21H29ClO7/c1-6-11(2)17(24)20(4,26)8-7-13-9-14-15(10-28-13)19(29-12(3)23)21(5,27)18(25)16(14)22/h7-9,11,15,17,19,24,26-27H,6,10H2,1-5H3/b8-7+/t11-,15+,17+,19+,20+,21-/m0/s1. The van der Waals surface area contributed by atoms with Crippen LogP contribution < -0.4 is 0 Å². The molecule has 0 bridgehead atoms. The maximum absolute atomic E-state index is 12.5. The van der Waals surface area contributed by atoms with Crippen LogP contribution in [0.1, 0.15) is 41.0 Å². The summed E-state index contributed by atoms with van der Waals surface area (Å²) in [7, 11) is 0. The highest BCUT2D eigenvalue weighted by Gasteiger charge is 2.53. The first-order valence-corrected chi connectivity index (χ1v) is 9.98. The third-order valence-electron chi connectivity index (χ3n) is 5.62. The lowest BCUT2D eigenvalue weighted by molar-refractivity contribution is -0.174.